The summed E-state index contributed by atoms with van der Waals surface area (Å²) in [5, 5.41) is 11.0. The largest absolute Gasteiger partial charge is 0.374 e. The third kappa shape index (κ3) is 3.25. The number of nitrogens with two attached hydrogens (primary N) is 1. The molecule has 5 N–H and O–H groups in total. The zero-order valence-electron chi connectivity index (χ0n) is 9.60. The lowest BCUT2D eigenvalue weighted by molar-refractivity contribution is 0.0952. The lowest BCUT2D eigenvalue weighted by Gasteiger charge is -2.02. The SMILES string of the molecule is Nc1nnc(CCNC(=O)c2c[nH]c(=O)[nH]c2=O)s1. The normalized spacial score (nSPS) is 10.3. The van der Waals surface area contributed by atoms with E-state index in [0.717, 1.165) is 6.20 Å². The van der Waals surface area contributed by atoms with E-state index in [1.165, 1.54) is 11.3 Å². The molecule has 0 aliphatic carbocycles. The molecule has 0 atom stereocenters. The summed E-state index contributed by atoms with van der Waals surface area (Å²) in [5.41, 5.74) is 3.86. The van der Waals surface area contributed by atoms with Gasteiger partial charge >= 0.3 is 5.69 Å². The van der Waals surface area contributed by atoms with Gasteiger partial charge in [-0.25, -0.2) is 4.79 Å². The standard InChI is InChI=1S/C9H10N6O3S/c10-8-15-14-5(19-8)1-2-11-6(16)4-3-12-9(18)13-7(4)17/h3H,1-2H2,(H2,10,15)(H,11,16)(H2,12,13,17,18). The van der Waals surface area contributed by atoms with Gasteiger partial charge in [-0.1, -0.05) is 11.3 Å². The molecule has 19 heavy (non-hydrogen) atoms. The summed E-state index contributed by atoms with van der Waals surface area (Å²) in [6.45, 7) is 0.284. The van der Waals surface area contributed by atoms with Gasteiger partial charge in [-0.15, -0.1) is 10.2 Å². The number of amides is 1. The summed E-state index contributed by atoms with van der Waals surface area (Å²) < 4.78 is 0. The number of nitrogens with zero attached hydrogens (tertiary/aromatic N) is 2. The van der Waals surface area contributed by atoms with E-state index in [4.69, 9.17) is 5.73 Å². The highest BCUT2D eigenvalue weighted by Crippen LogP contribution is 2.10. The molecule has 0 saturated carbocycles. The number of nitrogens with one attached hydrogen (secondary N) is 3. The van der Waals surface area contributed by atoms with Crippen molar-refractivity contribution in [3.05, 3.63) is 37.6 Å². The van der Waals surface area contributed by atoms with Gasteiger partial charge in [0.2, 0.25) is 5.13 Å². The molecule has 0 bridgehead atoms. The minimum atomic E-state index is -0.735. The second-order valence-electron chi connectivity index (χ2n) is 3.53. The molecule has 0 aromatic carbocycles. The maximum atomic E-state index is 11.7. The fourth-order valence-electron chi connectivity index (χ4n) is 1.32. The molecule has 0 aliphatic rings. The number of nitrogen functional groups attached to an aromatic ring is 1. The van der Waals surface area contributed by atoms with Crippen LogP contribution in [0.3, 0.4) is 0 Å². The number of hydrogen-bond acceptors (Lipinski definition) is 7. The topological polar surface area (TPSA) is 147 Å². The predicted molar refractivity (Wildman–Crippen MR) is 68.0 cm³/mol. The molecule has 1 amide bonds. The Bertz CT molecular complexity index is 702. The fraction of sp³-hybridized carbons (Fsp3) is 0.222. The Morgan fingerprint density at radius 3 is 2.84 bits per heavy atom. The van der Waals surface area contributed by atoms with Crippen molar-refractivity contribution in [2.24, 2.45) is 0 Å². The third-order valence-corrected chi connectivity index (χ3v) is 2.98. The van der Waals surface area contributed by atoms with Crippen LogP contribution in [0.1, 0.15) is 15.4 Å². The summed E-state index contributed by atoms with van der Waals surface area (Å²) in [5.74, 6) is -0.574. The van der Waals surface area contributed by atoms with E-state index in [9.17, 15) is 14.4 Å². The summed E-state index contributed by atoms with van der Waals surface area (Å²) in [4.78, 5) is 38.0. The number of anilines is 1. The van der Waals surface area contributed by atoms with E-state index in [-0.39, 0.29) is 12.1 Å². The van der Waals surface area contributed by atoms with Crippen molar-refractivity contribution in [2.45, 2.75) is 6.42 Å². The van der Waals surface area contributed by atoms with E-state index in [1.807, 2.05) is 4.98 Å². The van der Waals surface area contributed by atoms with Gasteiger partial charge in [0.05, 0.1) is 0 Å². The van der Waals surface area contributed by atoms with Gasteiger partial charge in [0.1, 0.15) is 10.6 Å². The number of hydrogen-bond donors (Lipinski definition) is 4. The first kappa shape index (κ1) is 13.0. The number of carbonyl (C=O) groups is 1. The molecule has 0 fully saturated rings. The van der Waals surface area contributed by atoms with Crippen LogP contribution >= 0.6 is 11.3 Å². The molecule has 10 heteroatoms. The fourth-order valence-corrected chi connectivity index (χ4v) is 1.93. The first-order chi connectivity index (χ1) is 9.06. The minimum Gasteiger partial charge on any atom is -0.374 e. The van der Waals surface area contributed by atoms with Crippen LogP contribution in [-0.2, 0) is 6.42 Å². The van der Waals surface area contributed by atoms with Crippen LogP contribution in [0.4, 0.5) is 5.13 Å². The molecule has 100 valence electrons. The molecule has 0 spiro atoms. The maximum Gasteiger partial charge on any atom is 0.325 e. The molecule has 0 aliphatic heterocycles. The Balaban J connectivity index is 1.94. The van der Waals surface area contributed by atoms with Crippen LogP contribution in [0.15, 0.2) is 15.8 Å². The van der Waals surface area contributed by atoms with Gasteiger partial charge in [-0.3, -0.25) is 14.6 Å². The van der Waals surface area contributed by atoms with Gasteiger partial charge < -0.3 is 16.0 Å². The maximum absolute atomic E-state index is 11.7. The zero-order chi connectivity index (χ0) is 13.8. The van der Waals surface area contributed by atoms with Crippen molar-refractivity contribution in [1.29, 1.82) is 0 Å². The van der Waals surface area contributed by atoms with Crippen LogP contribution in [0.5, 0.6) is 0 Å². The molecule has 2 heterocycles. The van der Waals surface area contributed by atoms with Crippen molar-refractivity contribution < 1.29 is 4.79 Å². The van der Waals surface area contributed by atoms with E-state index in [1.54, 1.807) is 0 Å². The molecular formula is C9H10N6O3S. The molecular weight excluding hydrogens is 272 g/mol. The Labute approximate surface area is 109 Å². The number of H-pyrrole nitrogens is 2. The highest BCUT2D eigenvalue weighted by atomic mass is 32.1. The second kappa shape index (κ2) is 5.44. The molecule has 2 aromatic heterocycles. The summed E-state index contributed by atoms with van der Waals surface area (Å²) in [6, 6.07) is 0. The van der Waals surface area contributed by atoms with Crippen molar-refractivity contribution in [3.8, 4) is 0 Å². The Morgan fingerprint density at radius 1 is 1.42 bits per heavy atom. The lowest BCUT2D eigenvalue weighted by Crippen LogP contribution is -2.34. The van der Waals surface area contributed by atoms with E-state index in [2.05, 4.69) is 20.5 Å². The highest BCUT2D eigenvalue weighted by molar-refractivity contribution is 7.15. The van der Waals surface area contributed by atoms with Crippen LogP contribution in [-0.4, -0.2) is 32.6 Å². The molecule has 0 radical (unpaired) electrons. The predicted octanol–water partition coefficient (Wildman–Crippen LogP) is -1.53. The van der Waals surface area contributed by atoms with Crippen molar-refractivity contribution in [2.75, 3.05) is 12.3 Å². The van der Waals surface area contributed by atoms with Gasteiger partial charge in [0.25, 0.3) is 11.5 Å². The van der Waals surface area contributed by atoms with Crippen molar-refractivity contribution in [1.82, 2.24) is 25.5 Å². The first-order valence-corrected chi connectivity index (χ1v) is 6.06. The van der Waals surface area contributed by atoms with Gasteiger partial charge in [-0.05, 0) is 0 Å². The quantitative estimate of drug-likeness (QED) is 0.535. The Hall–Kier alpha value is -2.49. The monoisotopic (exact) mass is 282 g/mol. The van der Waals surface area contributed by atoms with Gasteiger partial charge in [0, 0.05) is 19.2 Å². The average molecular weight is 282 g/mol. The summed E-state index contributed by atoms with van der Waals surface area (Å²) >= 11 is 1.23. The van der Waals surface area contributed by atoms with Crippen LogP contribution in [0.25, 0.3) is 0 Å². The minimum absolute atomic E-state index is 0.156. The first-order valence-electron chi connectivity index (χ1n) is 5.24. The van der Waals surface area contributed by atoms with E-state index in [0.29, 0.717) is 16.6 Å². The van der Waals surface area contributed by atoms with Crippen LogP contribution in [0.2, 0.25) is 0 Å². The molecule has 2 rings (SSSR count). The Morgan fingerprint density at radius 2 is 2.21 bits per heavy atom. The number of aromatic amines is 2. The van der Waals surface area contributed by atoms with E-state index >= 15 is 0 Å². The number of carbonyl (C=O) groups excluding carboxylic acids is 1. The smallest absolute Gasteiger partial charge is 0.325 e. The Kier molecular flexibility index (Phi) is 3.71. The van der Waals surface area contributed by atoms with Gasteiger partial charge in [-0.2, -0.15) is 0 Å². The van der Waals surface area contributed by atoms with Crippen molar-refractivity contribution in [3.63, 3.8) is 0 Å². The number of rotatable bonds is 4. The lowest BCUT2D eigenvalue weighted by atomic mass is 10.3. The highest BCUT2D eigenvalue weighted by Gasteiger charge is 2.10. The van der Waals surface area contributed by atoms with Crippen LogP contribution < -0.4 is 22.3 Å². The summed E-state index contributed by atoms with van der Waals surface area (Å²) in [7, 11) is 0. The number of aromatic nitrogens is 4. The molecule has 9 nitrogen and oxygen atoms in total. The van der Waals surface area contributed by atoms with Gasteiger partial charge in [0.15, 0.2) is 0 Å². The molecule has 0 unspecified atom stereocenters. The molecule has 2 aromatic rings. The van der Waals surface area contributed by atoms with E-state index < -0.39 is 17.2 Å². The van der Waals surface area contributed by atoms with Crippen LogP contribution in [0, 0.1) is 0 Å². The molecule has 0 saturated heterocycles. The second-order valence-corrected chi connectivity index (χ2v) is 4.62. The average Bonchev–Trinajstić information content (AvgIpc) is 2.75. The zero-order valence-corrected chi connectivity index (χ0v) is 10.4. The van der Waals surface area contributed by atoms with Crippen molar-refractivity contribution >= 4 is 22.4 Å². The third-order valence-electron chi connectivity index (χ3n) is 2.17. The summed E-state index contributed by atoms with van der Waals surface area (Å²) in [6.07, 6.45) is 1.53.